The van der Waals surface area contributed by atoms with Gasteiger partial charge in [-0.2, -0.15) is 0 Å². The topological polar surface area (TPSA) is 88.6 Å². The molecule has 3 amide bonds. The van der Waals surface area contributed by atoms with Crippen molar-refractivity contribution in [3.8, 4) is 0 Å². The number of amides is 3. The SMILES string of the molecule is CC1(c2ccco2)NC(=O)N(CC2(CC(N)=S)CC2)C1=O. The number of furan rings is 1. The first kappa shape index (κ1) is 14.1. The van der Waals surface area contributed by atoms with E-state index in [-0.39, 0.29) is 11.3 Å². The predicted molar refractivity (Wildman–Crippen MR) is 79.4 cm³/mol. The highest BCUT2D eigenvalue weighted by molar-refractivity contribution is 7.80. The van der Waals surface area contributed by atoms with Gasteiger partial charge in [-0.3, -0.25) is 9.69 Å². The highest BCUT2D eigenvalue weighted by Gasteiger charge is 2.55. The molecule has 2 fully saturated rings. The van der Waals surface area contributed by atoms with Crippen LogP contribution in [0.3, 0.4) is 0 Å². The number of hydrogen-bond acceptors (Lipinski definition) is 4. The molecular formula is C14H17N3O3S. The molecule has 1 aliphatic carbocycles. The second-order valence-electron chi connectivity index (χ2n) is 6.07. The molecule has 7 heteroatoms. The van der Waals surface area contributed by atoms with Crippen LogP contribution in [0, 0.1) is 5.41 Å². The van der Waals surface area contributed by atoms with E-state index >= 15 is 0 Å². The van der Waals surface area contributed by atoms with Crippen LogP contribution in [0.15, 0.2) is 22.8 Å². The minimum absolute atomic E-state index is 0.132. The van der Waals surface area contributed by atoms with E-state index in [0.717, 1.165) is 12.8 Å². The minimum atomic E-state index is -1.14. The van der Waals surface area contributed by atoms with Crippen molar-refractivity contribution in [2.24, 2.45) is 11.1 Å². The highest BCUT2D eigenvalue weighted by Crippen LogP contribution is 2.50. The molecule has 1 saturated heterocycles. The fraction of sp³-hybridized carbons (Fsp3) is 0.500. The summed E-state index contributed by atoms with van der Waals surface area (Å²) >= 11 is 4.95. The molecule has 1 aromatic rings. The first-order chi connectivity index (χ1) is 9.86. The molecule has 1 aliphatic heterocycles. The van der Waals surface area contributed by atoms with Gasteiger partial charge in [0.05, 0.1) is 11.3 Å². The Morgan fingerprint density at radius 2 is 2.24 bits per heavy atom. The van der Waals surface area contributed by atoms with Crippen molar-refractivity contribution in [1.82, 2.24) is 10.2 Å². The molecule has 0 bridgehead atoms. The van der Waals surface area contributed by atoms with Crippen LogP contribution in [-0.4, -0.2) is 28.4 Å². The van der Waals surface area contributed by atoms with E-state index in [0.29, 0.717) is 23.7 Å². The van der Waals surface area contributed by atoms with Gasteiger partial charge in [0.1, 0.15) is 5.76 Å². The maximum absolute atomic E-state index is 12.6. The number of nitrogens with one attached hydrogen (secondary N) is 1. The van der Waals surface area contributed by atoms with E-state index < -0.39 is 11.6 Å². The van der Waals surface area contributed by atoms with Crippen molar-refractivity contribution in [2.75, 3.05) is 6.54 Å². The molecule has 21 heavy (non-hydrogen) atoms. The molecule has 3 N–H and O–H groups in total. The van der Waals surface area contributed by atoms with E-state index in [9.17, 15) is 9.59 Å². The van der Waals surface area contributed by atoms with Crippen molar-refractivity contribution >= 4 is 29.1 Å². The molecule has 3 rings (SSSR count). The molecule has 1 saturated carbocycles. The number of nitrogens with two attached hydrogens (primary N) is 1. The van der Waals surface area contributed by atoms with Gasteiger partial charge < -0.3 is 15.5 Å². The molecule has 1 unspecified atom stereocenters. The number of hydrogen-bond donors (Lipinski definition) is 2. The number of carbonyl (C=O) groups is 2. The number of rotatable bonds is 5. The summed E-state index contributed by atoms with van der Waals surface area (Å²) < 4.78 is 5.29. The van der Waals surface area contributed by atoms with E-state index in [1.165, 1.54) is 11.2 Å². The number of carbonyl (C=O) groups excluding carboxylic acids is 2. The lowest BCUT2D eigenvalue weighted by molar-refractivity contribution is -0.132. The summed E-state index contributed by atoms with van der Waals surface area (Å²) in [5.41, 5.74) is 4.33. The van der Waals surface area contributed by atoms with Gasteiger partial charge in [-0.25, -0.2) is 4.79 Å². The second kappa shape index (κ2) is 4.56. The van der Waals surface area contributed by atoms with Gasteiger partial charge in [-0.05, 0) is 37.3 Å². The molecule has 2 heterocycles. The zero-order valence-electron chi connectivity index (χ0n) is 11.7. The van der Waals surface area contributed by atoms with E-state index in [1.54, 1.807) is 19.1 Å². The van der Waals surface area contributed by atoms with Gasteiger partial charge in [-0.15, -0.1) is 0 Å². The Bertz CT molecular complexity index is 609. The Morgan fingerprint density at radius 1 is 1.52 bits per heavy atom. The van der Waals surface area contributed by atoms with E-state index in [2.05, 4.69) is 5.32 Å². The number of imide groups is 1. The molecule has 2 aliphatic rings. The first-order valence-electron chi connectivity index (χ1n) is 6.83. The van der Waals surface area contributed by atoms with Crippen molar-refractivity contribution in [1.29, 1.82) is 0 Å². The van der Waals surface area contributed by atoms with Crippen molar-refractivity contribution in [3.05, 3.63) is 24.2 Å². The van der Waals surface area contributed by atoms with Crippen molar-refractivity contribution in [3.63, 3.8) is 0 Å². The average molecular weight is 307 g/mol. The summed E-state index contributed by atoms with van der Waals surface area (Å²) in [6.45, 7) is 2.00. The molecule has 112 valence electrons. The molecule has 6 nitrogen and oxygen atoms in total. The van der Waals surface area contributed by atoms with Gasteiger partial charge >= 0.3 is 6.03 Å². The van der Waals surface area contributed by atoms with Crippen molar-refractivity contribution in [2.45, 2.75) is 31.7 Å². The lowest BCUT2D eigenvalue weighted by atomic mass is 9.97. The summed E-state index contributed by atoms with van der Waals surface area (Å²) in [6.07, 6.45) is 3.91. The molecule has 0 aromatic carbocycles. The summed E-state index contributed by atoms with van der Waals surface area (Å²) in [6, 6.07) is 2.98. The quantitative estimate of drug-likeness (QED) is 0.636. The van der Waals surface area contributed by atoms with Crippen LogP contribution in [0.4, 0.5) is 4.79 Å². The fourth-order valence-electron chi connectivity index (χ4n) is 2.84. The van der Waals surface area contributed by atoms with E-state index in [1.807, 2.05) is 0 Å². The maximum atomic E-state index is 12.6. The summed E-state index contributed by atoms with van der Waals surface area (Å²) in [5.74, 6) is 0.138. The maximum Gasteiger partial charge on any atom is 0.325 e. The fourth-order valence-corrected chi connectivity index (χ4v) is 3.15. The molecule has 0 spiro atoms. The third kappa shape index (κ3) is 2.31. The summed E-state index contributed by atoms with van der Waals surface area (Å²) in [4.78, 5) is 26.5. The second-order valence-corrected chi connectivity index (χ2v) is 6.59. The Kier molecular flexibility index (Phi) is 3.05. The van der Waals surface area contributed by atoms with E-state index in [4.69, 9.17) is 22.4 Å². The largest absolute Gasteiger partial charge is 0.466 e. The van der Waals surface area contributed by atoms with Gasteiger partial charge in [-0.1, -0.05) is 12.2 Å². The third-order valence-corrected chi connectivity index (χ3v) is 4.43. The average Bonchev–Trinajstić information content (AvgIpc) is 2.87. The summed E-state index contributed by atoms with van der Waals surface area (Å²) in [5, 5.41) is 2.72. The predicted octanol–water partition coefficient (Wildman–Crippen LogP) is 1.50. The zero-order valence-corrected chi connectivity index (χ0v) is 12.5. The standard InChI is InChI=1S/C14H17N3O3S/c1-13(9-3-2-6-20-9)11(18)17(12(19)16-13)8-14(4-5-14)7-10(15)21/h2-3,6H,4-5,7-8H2,1H3,(H2,15,21)(H,16,19). The monoisotopic (exact) mass is 307 g/mol. The van der Waals surface area contributed by atoms with Gasteiger partial charge in [0.25, 0.3) is 5.91 Å². The zero-order chi connectivity index (χ0) is 15.3. The highest BCUT2D eigenvalue weighted by atomic mass is 32.1. The van der Waals surface area contributed by atoms with Crippen LogP contribution in [0.25, 0.3) is 0 Å². The number of thiocarbonyl (C=S) groups is 1. The van der Waals surface area contributed by atoms with Crippen LogP contribution in [0.1, 0.15) is 31.9 Å². The van der Waals surface area contributed by atoms with Gasteiger partial charge in [0.15, 0.2) is 5.54 Å². The Labute approximate surface area is 127 Å². The lowest BCUT2D eigenvalue weighted by Gasteiger charge is -2.22. The van der Waals surface area contributed by atoms with Gasteiger partial charge in [0.2, 0.25) is 0 Å². The molecule has 0 radical (unpaired) electrons. The van der Waals surface area contributed by atoms with Crippen LogP contribution >= 0.6 is 12.2 Å². The first-order valence-corrected chi connectivity index (χ1v) is 7.24. The molecular weight excluding hydrogens is 290 g/mol. The van der Waals surface area contributed by atoms with Crippen LogP contribution in [-0.2, 0) is 10.3 Å². The summed E-state index contributed by atoms with van der Waals surface area (Å²) in [7, 11) is 0. The number of nitrogens with zero attached hydrogens (tertiary/aromatic N) is 1. The van der Waals surface area contributed by atoms with Crippen molar-refractivity contribution < 1.29 is 14.0 Å². The Morgan fingerprint density at radius 3 is 2.76 bits per heavy atom. The Hall–Kier alpha value is -1.89. The Balaban J connectivity index is 1.80. The van der Waals surface area contributed by atoms with Gasteiger partial charge in [0, 0.05) is 13.0 Å². The molecule has 1 atom stereocenters. The third-order valence-electron chi connectivity index (χ3n) is 4.29. The molecule has 1 aromatic heterocycles. The lowest BCUT2D eigenvalue weighted by Crippen LogP contribution is -2.41. The smallest absolute Gasteiger partial charge is 0.325 e. The van der Waals surface area contributed by atoms with Crippen LogP contribution < -0.4 is 11.1 Å². The normalized spacial score (nSPS) is 26.8. The van der Waals surface area contributed by atoms with Crippen LogP contribution in [0.2, 0.25) is 0 Å². The van der Waals surface area contributed by atoms with Crippen LogP contribution in [0.5, 0.6) is 0 Å². The minimum Gasteiger partial charge on any atom is -0.466 e. The number of urea groups is 1.